The zero-order chi connectivity index (χ0) is 46.4. The average Bonchev–Trinajstić information content (AvgIpc) is 3.26. The van der Waals surface area contributed by atoms with Crippen LogP contribution in [0.25, 0.3) is 0 Å². The van der Waals surface area contributed by atoms with E-state index in [2.05, 4.69) is 15.4 Å². The van der Waals surface area contributed by atoms with Crippen molar-refractivity contribution in [1.82, 2.24) is 15.5 Å². The number of ketones is 2. The van der Waals surface area contributed by atoms with Crippen LogP contribution in [0.5, 0.6) is 0 Å². The molecule has 0 spiro atoms. The predicted molar refractivity (Wildman–Crippen MR) is 231 cm³/mol. The molecule has 2 saturated carbocycles. The number of Topliss-reactive ketones (excluding diaryl/α,β-unsaturated/α-hetero) is 2. The third-order valence-electron chi connectivity index (χ3n) is 13.0. The number of nitro benzene ring substituents is 1. The molecule has 1 aromatic carbocycles. The second-order valence-electron chi connectivity index (χ2n) is 18.5. The van der Waals surface area contributed by atoms with E-state index in [1.807, 2.05) is 0 Å². The molecule has 3 aliphatic rings. The molecule has 2 aliphatic carbocycles. The second-order valence-corrected chi connectivity index (χ2v) is 18.5. The van der Waals surface area contributed by atoms with Crippen molar-refractivity contribution in [3.63, 3.8) is 0 Å². The lowest BCUT2D eigenvalue weighted by Crippen LogP contribution is -2.57. The number of primary amides is 1. The maximum Gasteiger partial charge on any atom is 0.336 e. The van der Waals surface area contributed by atoms with Crippen LogP contribution < -0.4 is 16.4 Å². The molecule has 4 amide bonds. The lowest BCUT2D eigenvalue weighted by molar-refractivity contribution is -0.384. The number of rotatable bonds is 20. The standard InChI is InChI=1S/C46H65N5O12/c1-46(2,3)40(49-42(56)30(18-11-12-20-38(54)63-4)24-37(53)33-22-21-32(51(61)62)25-35(33)45(59)60)44(58)50-23-13-19-31(27-50)36(52)26-34(28-14-7-5-8-15-28)43(57)48-39(41(47)55)29-16-9-6-10-17-29/h12,20-22,25,28-31,34,39-40H,5-11,13-19,23-24,26-27H2,1-4H3,(H2,47,55)(H,48,57)(H,49,56)(H,59,60)/b20-12+/t30-,31-,34+,39+,40-/m1/s1. The number of carboxylic acids is 1. The van der Waals surface area contributed by atoms with Crippen molar-refractivity contribution in [1.29, 1.82) is 0 Å². The Balaban J connectivity index is 1.52. The number of allylic oxidation sites excluding steroid dienone is 1. The molecule has 3 fully saturated rings. The van der Waals surface area contributed by atoms with Gasteiger partial charge in [0.25, 0.3) is 5.69 Å². The van der Waals surface area contributed by atoms with Crippen LogP contribution in [0.4, 0.5) is 5.69 Å². The molecular weight excluding hydrogens is 815 g/mol. The molecule has 0 aromatic heterocycles. The Morgan fingerprint density at radius 1 is 0.889 bits per heavy atom. The van der Waals surface area contributed by atoms with E-state index in [9.17, 15) is 53.6 Å². The minimum Gasteiger partial charge on any atom is -0.478 e. The number of ether oxygens (including phenoxy) is 1. The smallest absolute Gasteiger partial charge is 0.336 e. The number of piperidine rings is 1. The number of nitrogens with two attached hydrogens (primary N) is 1. The second kappa shape index (κ2) is 23.3. The van der Waals surface area contributed by atoms with Crippen LogP contribution in [-0.4, -0.2) is 94.3 Å². The van der Waals surface area contributed by atoms with Gasteiger partial charge in [-0.05, 0) is 74.7 Å². The highest BCUT2D eigenvalue weighted by Crippen LogP contribution is 2.35. The Bertz CT molecular complexity index is 1890. The summed E-state index contributed by atoms with van der Waals surface area (Å²) in [6.45, 7) is 5.67. The average molecular weight is 880 g/mol. The number of aromatic carboxylic acids is 1. The maximum absolute atomic E-state index is 14.4. The van der Waals surface area contributed by atoms with Crippen molar-refractivity contribution < 1.29 is 53.1 Å². The Hall–Kier alpha value is -5.48. The molecule has 17 nitrogen and oxygen atoms in total. The van der Waals surface area contributed by atoms with Gasteiger partial charge in [-0.2, -0.15) is 0 Å². The molecule has 5 N–H and O–H groups in total. The first-order valence-electron chi connectivity index (χ1n) is 22.3. The number of methoxy groups -OCH3 is 1. The third kappa shape index (κ3) is 14.3. The van der Waals surface area contributed by atoms with Crippen LogP contribution >= 0.6 is 0 Å². The van der Waals surface area contributed by atoms with Crippen LogP contribution in [0.2, 0.25) is 0 Å². The number of carbonyl (C=O) groups excluding carboxylic acids is 7. The van der Waals surface area contributed by atoms with E-state index >= 15 is 0 Å². The number of nitrogens with zero attached hydrogens (tertiary/aromatic N) is 2. The van der Waals surface area contributed by atoms with Crippen molar-refractivity contribution in [2.75, 3.05) is 20.2 Å². The van der Waals surface area contributed by atoms with Gasteiger partial charge in [0.1, 0.15) is 17.9 Å². The molecule has 17 heteroatoms. The molecule has 1 aliphatic heterocycles. The van der Waals surface area contributed by atoms with Crippen molar-refractivity contribution in [3.05, 3.63) is 51.6 Å². The van der Waals surface area contributed by atoms with Gasteiger partial charge in [-0.1, -0.05) is 65.4 Å². The van der Waals surface area contributed by atoms with E-state index in [0.29, 0.717) is 19.4 Å². The molecule has 346 valence electrons. The maximum atomic E-state index is 14.4. The lowest BCUT2D eigenvalue weighted by Gasteiger charge is -2.39. The van der Waals surface area contributed by atoms with Gasteiger partial charge in [-0.25, -0.2) is 9.59 Å². The summed E-state index contributed by atoms with van der Waals surface area (Å²) in [4.78, 5) is 119. The van der Waals surface area contributed by atoms with Gasteiger partial charge in [-0.3, -0.25) is 38.9 Å². The fraction of sp³-hybridized carbons (Fsp3) is 0.652. The predicted octanol–water partition coefficient (Wildman–Crippen LogP) is 5.47. The van der Waals surface area contributed by atoms with Gasteiger partial charge >= 0.3 is 11.9 Å². The zero-order valence-corrected chi connectivity index (χ0v) is 37.1. The van der Waals surface area contributed by atoms with Crippen LogP contribution in [-0.2, 0) is 33.5 Å². The number of likely N-dealkylation sites (tertiary alicyclic amines) is 1. The van der Waals surface area contributed by atoms with E-state index in [0.717, 1.165) is 88.5 Å². The molecule has 63 heavy (non-hydrogen) atoms. The number of hydrogen-bond acceptors (Lipinski definition) is 11. The van der Waals surface area contributed by atoms with Crippen molar-refractivity contribution in [2.24, 2.45) is 40.7 Å². The monoisotopic (exact) mass is 879 g/mol. The highest BCUT2D eigenvalue weighted by molar-refractivity contribution is 6.07. The van der Waals surface area contributed by atoms with E-state index in [1.54, 1.807) is 25.7 Å². The SMILES string of the molecule is COC(=O)/C=C/CC[C@H](CC(=O)c1ccc([N+](=O)[O-])cc1C(=O)O)C(=O)N[C@H](C(=O)N1CCC[C@@H](C(=O)C[C@H](C(=O)N[C@H](C(N)=O)C2CCCCC2)C2CCCCC2)C1)C(C)(C)C. The van der Waals surface area contributed by atoms with Crippen molar-refractivity contribution >= 4 is 52.8 Å². The quantitative estimate of drug-likeness (QED) is 0.0418. The van der Waals surface area contributed by atoms with Crippen molar-refractivity contribution in [2.45, 2.75) is 136 Å². The normalized spacial score (nSPS) is 19.6. The number of benzene rings is 1. The van der Waals surface area contributed by atoms with E-state index in [1.165, 1.54) is 13.2 Å². The van der Waals surface area contributed by atoms with Gasteiger partial charge in [-0.15, -0.1) is 0 Å². The molecule has 0 radical (unpaired) electrons. The van der Waals surface area contributed by atoms with Gasteiger partial charge in [0.15, 0.2) is 5.78 Å². The Morgan fingerprint density at radius 2 is 1.52 bits per heavy atom. The van der Waals surface area contributed by atoms with Gasteiger partial charge in [0.2, 0.25) is 23.6 Å². The lowest BCUT2D eigenvalue weighted by atomic mass is 9.75. The molecule has 0 unspecified atom stereocenters. The number of non-ortho nitro benzene ring substituents is 1. The van der Waals surface area contributed by atoms with E-state index in [4.69, 9.17) is 5.73 Å². The van der Waals surface area contributed by atoms with Crippen LogP contribution in [0.15, 0.2) is 30.4 Å². The number of amides is 4. The van der Waals surface area contributed by atoms with Crippen LogP contribution in [0.3, 0.4) is 0 Å². The molecule has 5 atom stereocenters. The van der Waals surface area contributed by atoms with E-state index in [-0.39, 0.29) is 54.9 Å². The van der Waals surface area contributed by atoms with Gasteiger partial charge in [0.05, 0.1) is 17.6 Å². The highest BCUT2D eigenvalue weighted by Gasteiger charge is 2.42. The summed E-state index contributed by atoms with van der Waals surface area (Å²) in [7, 11) is 1.20. The fourth-order valence-corrected chi connectivity index (χ4v) is 9.34. The number of nitro groups is 1. The van der Waals surface area contributed by atoms with Crippen LogP contribution in [0, 0.1) is 45.1 Å². The minimum atomic E-state index is -1.57. The molecule has 4 rings (SSSR count). The molecule has 0 bridgehead atoms. The van der Waals surface area contributed by atoms with Crippen molar-refractivity contribution in [3.8, 4) is 0 Å². The molecule has 1 heterocycles. The number of hydrogen-bond donors (Lipinski definition) is 4. The number of carbonyl (C=O) groups is 8. The summed E-state index contributed by atoms with van der Waals surface area (Å²) in [5.74, 6) is -7.56. The molecule has 1 aromatic rings. The first kappa shape index (κ1) is 50.2. The number of carboxylic acid groups (broad SMARTS) is 1. The summed E-state index contributed by atoms with van der Waals surface area (Å²) in [6, 6.07) is 0.885. The minimum absolute atomic E-state index is 0.00236. The fourth-order valence-electron chi connectivity index (χ4n) is 9.34. The third-order valence-corrected chi connectivity index (χ3v) is 13.0. The summed E-state index contributed by atoms with van der Waals surface area (Å²) < 4.78 is 4.63. The van der Waals surface area contributed by atoms with Gasteiger partial charge < -0.3 is 31.1 Å². The number of esters is 1. The highest BCUT2D eigenvalue weighted by atomic mass is 16.6. The summed E-state index contributed by atoms with van der Waals surface area (Å²) in [5, 5.41) is 26.9. The number of nitrogens with one attached hydrogen (secondary N) is 2. The first-order valence-corrected chi connectivity index (χ1v) is 22.3. The summed E-state index contributed by atoms with van der Waals surface area (Å²) >= 11 is 0. The van der Waals surface area contributed by atoms with Gasteiger partial charge in [0, 0.05) is 67.5 Å². The molecule has 1 saturated heterocycles. The largest absolute Gasteiger partial charge is 0.478 e. The topological polar surface area (TPSA) is 262 Å². The van der Waals surface area contributed by atoms with E-state index < -0.39 is 93.3 Å². The first-order chi connectivity index (χ1) is 29.8. The Labute approximate surface area is 368 Å². The zero-order valence-electron chi connectivity index (χ0n) is 37.1. The van der Waals surface area contributed by atoms with Crippen LogP contribution in [0.1, 0.15) is 144 Å². The Morgan fingerprint density at radius 3 is 2.10 bits per heavy atom. The Kier molecular flexibility index (Phi) is 18.5. The summed E-state index contributed by atoms with van der Waals surface area (Å²) in [5.41, 5.74) is 3.49. The summed E-state index contributed by atoms with van der Waals surface area (Å²) in [6.07, 6.45) is 12.3. The molecular formula is C46H65N5O12.